The fourth-order valence-corrected chi connectivity index (χ4v) is 2.42. The highest BCUT2D eigenvalue weighted by atomic mass is 16.4. The summed E-state index contributed by atoms with van der Waals surface area (Å²) in [7, 11) is 0. The molecule has 0 saturated carbocycles. The maximum atomic E-state index is 10.6. The number of hydrogen-bond donors (Lipinski definition) is 3. The molecule has 92 valence electrons. The second kappa shape index (κ2) is 5.68. The predicted octanol–water partition coefficient (Wildman–Crippen LogP) is 1.47. The predicted molar refractivity (Wildman–Crippen MR) is 66.1 cm³/mol. The summed E-state index contributed by atoms with van der Waals surface area (Å²) in [4.78, 5) is 10.6. The van der Waals surface area contributed by atoms with Gasteiger partial charge >= 0.3 is 6.09 Å². The summed E-state index contributed by atoms with van der Waals surface area (Å²) >= 11 is 0. The van der Waals surface area contributed by atoms with Crippen molar-refractivity contribution in [1.29, 1.82) is 0 Å². The lowest BCUT2D eigenvalue weighted by molar-refractivity contribution is 0.183. The van der Waals surface area contributed by atoms with Gasteiger partial charge in [0.15, 0.2) is 0 Å². The Morgan fingerprint density at radius 2 is 2.12 bits per heavy atom. The van der Waals surface area contributed by atoms with E-state index < -0.39 is 6.09 Å². The number of rotatable bonds is 3. The van der Waals surface area contributed by atoms with Gasteiger partial charge in [-0.1, -0.05) is 30.3 Å². The second-order valence-corrected chi connectivity index (χ2v) is 4.60. The molecule has 0 spiro atoms. The molecule has 4 heteroatoms. The van der Waals surface area contributed by atoms with E-state index in [2.05, 4.69) is 22.8 Å². The Morgan fingerprint density at radius 3 is 2.82 bits per heavy atom. The highest BCUT2D eigenvalue weighted by molar-refractivity contribution is 5.64. The average Bonchev–Trinajstić information content (AvgIpc) is 2.30. The second-order valence-electron chi connectivity index (χ2n) is 4.60. The van der Waals surface area contributed by atoms with Gasteiger partial charge in [0.2, 0.25) is 0 Å². The third-order valence-corrected chi connectivity index (χ3v) is 3.14. The standard InChI is InChI=1S/C13H18N2O2/c16-13(17)15-12-7-11(8-14-9-12)6-10-4-2-1-3-5-10/h1-5,11-12,14-15H,6-9H2,(H,16,17). The zero-order valence-corrected chi connectivity index (χ0v) is 9.73. The van der Waals surface area contributed by atoms with Crippen LogP contribution in [0.5, 0.6) is 0 Å². The van der Waals surface area contributed by atoms with Gasteiger partial charge < -0.3 is 15.7 Å². The first-order chi connectivity index (χ1) is 8.24. The van der Waals surface area contributed by atoms with Crippen molar-refractivity contribution in [3.05, 3.63) is 35.9 Å². The highest BCUT2D eigenvalue weighted by Crippen LogP contribution is 2.16. The molecule has 1 aliphatic heterocycles. The zero-order chi connectivity index (χ0) is 12.1. The molecule has 1 heterocycles. The van der Waals surface area contributed by atoms with E-state index in [1.807, 2.05) is 18.2 Å². The van der Waals surface area contributed by atoms with Crippen LogP contribution >= 0.6 is 0 Å². The van der Waals surface area contributed by atoms with Gasteiger partial charge in [0.25, 0.3) is 0 Å². The van der Waals surface area contributed by atoms with Crippen LogP contribution in [0.2, 0.25) is 0 Å². The van der Waals surface area contributed by atoms with Crippen molar-refractivity contribution in [3.8, 4) is 0 Å². The van der Waals surface area contributed by atoms with Crippen LogP contribution < -0.4 is 10.6 Å². The maximum Gasteiger partial charge on any atom is 0.404 e. The Bertz CT molecular complexity index is 367. The third-order valence-electron chi connectivity index (χ3n) is 3.14. The molecule has 0 aromatic heterocycles. The lowest BCUT2D eigenvalue weighted by atomic mass is 9.90. The first kappa shape index (κ1) is 11.9. The number of carboxylic acid groups (broad SMARTS) is 1. The van der Waals surface area contributed by atoms with Gasteiger partial charge in [-0.25, -0.2) is 4.79 Å². The van der Waals surface area contributed by atoms with E-state index >= 15 is 0 Å². The SMILES string of the molecule is O=C(O)NC1CNCC(Cc2ccccc2)C1. The summed E-state index contributed by atoms with van der Waals surface area (Å²) in [5.41, 5.74) is 1.32. The molecule has 2 rings (SSSR count). The average molecular weight is 234 g/mol. The van der Waals surface area contributed by atoms with E-state index in [1.165, 1.54) is 5.56 Å². The number of amides is 1. The Kier molecular flexibility index (Phi) is 3.98. The molecule has 1 aromatic carbocycles. The molecule has 3 N–H and O–H groups in total. The Hall–Kier alpha value is -1.55. The van der Waals surface area contributed by atoms with E-state index in [-0.39, 0.29) is 6.04 Å². The minimum absolute atomic E-state index is 0.0370. The fraction of sp³-hybridized carbons (Fsp3) is 0.462. The molecule has 1 amide bonds. The first-order valence-electron chi connectivity index (χ1n) is 5.98. The molecule has 17 heavy (non-hydrogen) atoms. The number of nitrogens with one attached hydrogen (secondary N) is 2. The smallest absolute Gasteiger partial charge is 0.404 e. The molecule has 2 unspecified atom stereocenters. The van der Waals surface area contributed by atoms with E-state index in [0.717, 1.165) is 25.9 Å². The van der Waals surface area contributed by atoms with Crippen molar-refractivity contribution in [2.75, 3.05) is 13.1 Å². The van der Waals surface area contributed by atoms with E-state index in [0.29, 0.717) is 5.92 Å². The lowest BCUT2D eigenvalue weighted by Gasteiger charge is -2.29. The van der Waals surface area contributed by atoms with Crippen molar-refractivity contribution in [2.45, 2.75) is 18.9 Å². The molecule has 2 atom stereocenters. The number of benzene rings is 1. The Balaban J connectivity index is 1.87. The van der Waals surface area contributed by atoms with Crippen LogP contribution in [0.3, 0.4) is 0 Å². The number of piperidine rings is 1. The summed E-state index contributed by atoms with van der Waals surface area (Å²) in [6, 6.07) is 10.4. The van der Waals surface area contributed by atoms with Crippen LogP contribution in [0.15, 0.2) is 30.3 Å². The quantitative estimate of drug-likeness (QED) is 0.742. The maximum absolute atomic E-state index is 10.6. The van der Waals surface area contributed by atoms with Crippen LogP contribution in [0.4, 0.5) is 4.79 Å². The van der Waals surface area contributed by atoms with Gasteiger partial charge in [-0.2, -0.15) is 0 Å². The molecule has 4 nitrogen and oxygen atoms in total. The fourth-order valence-electron chi connectivity index (χ4n) is 2.42. The molecule has 0 aliphatic carbocycles. The topological polar surface area (TPSA) is 61.4 Å². The van der Waals surface area contributed by atoms with Crippen LogP contribution in [-0.2, 0) is 6.42 Å². The van der Waals surface area contributed by atoms with E-state index in [1.54, 1.807) is 0 Å². The summed E-state index contributed by atoms with van der Waals surface area (Å²) < 4.78 is 0. The van der Waals surface area contributed by atoms with Crippen molar-refractivity contribution >= 4 is 6.09 Å². The van der Waals surface area contributed by atoms with Crippen LogP contribution in [-0.4, -0.2) is 30.3 Å². The third kappa shape index (κ3) is 3.75. The van der Waals surface area contributed by atoms with Gasteiger partial charge in [-0.15, -0.1) is 0 Å². The molecule has 1 saturated heterocycles. The Morgan fingerprint density at radius 1 is 1.35 bits per heavy atom. The minimum Gasteiger partial charge on any atom is -0.465 e. The van der Waals surface area contributed by atoms with Gasteiger partial charge in [0.05, 0.1) is 0 Å². The molecule has 1 aromatic rings. The van der Waals surface area contributed by atoms with Crippen molar-refractivity contribution < 1.29 is 9.90 Å². The lowest BCUT2D eigenvalue weighted by Crippen LogP contribution is -2.48. The summed E-state index contributed by atoms with van der Waals surface area (Å²) in [6.45, 7) is 1.70. The molecule has 1 aliphatic rings. The minimum atomic E-state index is -0.933. The van der Waals surface area contributed by atoms with Crippen LogP contribution in [0.25, 0.3) is 0 Å². The van der Waals surface area contributed by atoms with Crippen LogP contribution in [0, 0.1) is 5.92 Å². The van der Waals surface area contributed by atoms with Crippen molar-refractivity contribution in [3.63, 3.8) is 0 Å². The molecule has 1 fully saturated rings. The largest absolute Gasteiger partial charge is 0.465 e. The number of hydrogen-bond acceptors (Lipinski definition) is 2. The molecular formula is C13H18N2O2. The first-order valence-corrected chi connectivity index (χ1v) is 5.98. The highest BCUT2D eigenvalue weighted by Gasteiger charge is 2.22. The van der Waals surface area contributed by atoms with E-state index in [4.69, 9.17) is 5.11 Å². The molecule has 0 bridgehead atoms. The molecular weight excluding hydrogens is 216 g/mol. The number of carbonyl (C=O) groups is 1. The van der Waals surface area contributed by atoms with Gasteiger partial charge in [0.1, 0.15) is 0 Å². The Labute approximate surface area is 101 Å². The normalized spacial score (nSPS) is 24.2. The summed E-state index contributed by atoms with van der Waals surface area (Å²) in [5.74, 6) is 0.503. The van der Waals surface area contributed by atoms with Crippen molar-refractivity contribution in [1.82, 2.24) is 10.6 Å². The van der Waals surface area contributed by atoms with Gasteiger partial charge in [0, 0.05) is 12.6 Å². The van der Waals surface area contributed by atoms with Gasteiger partial charge in [-0.3, -0.25) is 0 Å². The summed E-state index contributed by atoms with van der Waals surface area (Å²) in [5, 5.41) is 14.5. The molecule has 0 radical (unpaired) electrons. The zero-order valence-electron chi connectivity index (χ0n) is 9.73. The van der Waals surface area contributed by atoms with Crippen molar-refractivity contribution in [2.24, 2.45) is 5.92 Å². The van der Waals surface area contributed by atoms with E-state index in [9.17, 15) is 4.79 Å². The monoisotopic (exact) mass is 234 g/mol. The van der Waals surface area contributed by atoms with Crippen LogP contribution in [0.1, 0.15) is 12.0 Å². The van der Waals surface area contributed by atoms with Gasteiger partial charge in [-0.05, 0) is 30.9 Å². The summed E-state index contributed by atoms with van der Waals surface area (Å²) in [6.07, 6.45) is 0.983.